The van der Waals surface area contributed by atoms with E-state index in [1.54, 1.807) is 25.1 Å². The van der Waals surface area contributed by atoms with Gasteiger partial charge < -0.3 is 14.8 Å². The van der Waals surface area contributed by atoms with E-state index < -0.39 is 36.8 Å². The fourth-order valence-corrected chi connectivity index (χ4v) is 2.30. The number of carbonyl (C=O) groups excluding carboxylic acids is 2. The van der Waals surface area contributed by atoms with Gasteiger partial charge in [0.1, 0.15) is 5.75 Å². The Labute approximate surface area is 158 Å². The molecular weight excluding hydrogens is 387 g/mol. The van der Waals surface area contributed by atoms with Crippen LogP contribution in [0.1, 0.15) is 11.1 Å². The molecule has 0 bridgehead atoms. The summed E-state index contributed by atoms with van der Waals surface area (Å²) in [6, 6.07) is 8.96. The van der Waals surface area contributed by atoms with Crippen molar-refractivity contribution in [3.05, 3.63) is 58.6 Å². The molecule has 144 valence electrons. The van der Waals surface area contributed by atoms with E-state index in [2.05, 4.69) is 5.32 Å². The number of rotatable bonds is 6. The lowest BCUT2D eigenvalue weighted by molar-refractivity contribution is -0.149. The van der Waals surface area contributed by atoms with Crippen LogP contribution in [0.5, 0.6) is 5.75 Å². The number of alkyl halides is 3. The second-order valence-electron chi connectivity index (χ2n) is 5.49. The lowest BCUT2D eigenvalue weighted by Crippen LogP contribution is -2.24. The first-order valence-corrected chi connectivity index (χ1v) is 8.04. The molecule has 27 heavy (non-hydrogen) atoms. The molecule has 0 atom stereocenters. The molecule has 2 aromatic rings. The summed E-state index contributed by atoms with van der Waals surface area (Å²) in [5.41, 5.74) is -0.236. The molecule has 0 fully saturated rings. The van der Waals surface area contributed by atoms with Gasteiger partial charge in [-0.15, -0.1) is 0 Å². The van der Waals surface area contributed by atoms with E-state index >= 15 is 0 Å². The Bertz CT molecular complexity index is 840. The Morgan fingerprint density at radius 2 is 1.85 bits per heavy atom. The number of benzene rings is 2. The third kappa shape index (κ3) is 6.49. The van der Waals surface area contributed by atoms with Crippen molar-refractivity contribution in [2.75, 3.05) is 18.5 Å². The topological polar surface area (TPSA) is 64.6 Å². The fraction of sp³-hybridized carbons (Fsp3) is 0.222. The largest absolute Gasteiger partial charge is 0.482 e. The van der Waals surface area contributed by atoms with Crippen molar-refractivity contribution in [3.63, 3.8) is 0 Å². The first-order valence-electron chi connectivity index (χ1n) is 7.67. The number of halogens is 4. The van der Waals surface area contributed by atoms with Crippen LogP contribution < -0.4 is 10.1 Å². The minimum absolute atomic E-state index is 0.0566. The van der Waals surface area contributed by atoms with Crippen LogP contribution in [0.3, 0.4) is 0 Å². The summed E-state index contributed by atoms with van der Waals surface area (Å²) >= 11 is 5.81. The van der Waals surface area contributed by atoms with Gasteiger partial charge in [-0.2, -0.15) is 13.2 Å². The number of aryl methyl sites for hydroxylation is 1. The third-order valence-electron chi connectivity index (χ3n) is 3.32. The highest BCUT2D eigenvalue weighted by Crippen LogP contribution is 2.30. The molecule has 0 saturated heterocycles. The summed E-state index contributed by atoms with van der Waals surface area (Å²) in [6.07, 6.45) is -4.52. The standard InChI is InChI=1S/C18H15ClF3NO4/c1-11-7-13(19)5-6-15(11)26-10-17(25)27-9-16(24)23-14-4-2-3-12(8-14)18(20,21)22/h2-8H,9-10H2,1H3,(H,23,24). The van der Waals surface area contributed by atoms with Gasteiger partial charge in [0.25, 0.3) is 5.91 Å². The van der Waals surface area contributed by atoms with Crippen molar-refractivity contribution in [2.45, 2.75) is 13.1 Å². The molecular formula is C18H15ClF3NO4. The normalized spacial score (nSPS) is 11.0. The monoisotopic (exact) mass is 401 g/mol. The number of carbonyl (C=O) groups is 2. The third-order valence-corrected chi connectivity index (χ3v) is 3.56. The Hall–Kier alpha value is -2.74. The van der Waals surface area contributed by atoms with Crippen LogP contribution in [0.15, 0.2) is 42.5 Å². The van der Waals surface area contributed by atoms with Crippen LogP contribution in [-0.2, 0) is 20.5 Å². The molecule has 5 nitrogen and oxygen atoms in total. The molecule has 1 amide bonds. The van der Waals surface area contributed by atoms with E-state index in [0.29, 0.717) is 10.8 Å². The van der Waals surface area contributed by atoms with Crippen molar-refractivity contribution < 1.29 is 32.2 Å². The summed E-state index contributed by atoms with van der Waals surface area (Å²) in [7, 11) is 0. The van der Waals surface area contributed by atoms with E-state index in [1.807, 2.05) is 0 Å². The van der Waals surface area contributed by atoms with Gasteiger partial charge in [0.15, 0.2) is 13.2 Å². The van der Waals surface area contributed by atoms with Gasteiger partial charge >= 0.3 is 12.1 Å². The first kappa shape index (κ1) is 20.6. The van der Waals surface area contributed by atoms with Gasteiger partial charge in [0.05, 0.1) is 5.56 Å². The number of anilines is 1. The maximum Gasteiger partial charge on any atom is 0.416 e. The lowest BCUT2D eigenvalue weighted by Gasteiger charge is -2.11. The van der Waals surface area contributed by atoms with Crippen LogP contribution in [0, 0.1) is 6.92 Å². The highest BCUT2D eigenvalue weighted by Gasteiger charge is 2.30. The second kappa shape index (κ2) is 8.77. The number of amides is 1. The summed E-state index contributed by atoms with van der Waals surface area (Å²) in [6.45, 7) is 0.659. The Kier molecular flexibility index (Phi) is 6.68. The van der Waals surface area contributed by atoms with E-state index in [1.165, 1.54) is 6.07 Å². The summed E-state index contributed by atoms with van der Waals surface area (Å²) < 4.78 is 47.9. The minimum Gasteiger partial charge on any atom is -0.482 e. The van der Waals surface area contributed by atoms with E-state index in [9.17, 15) is 22.8 Å². The quantitative estimate of drug-likeness (QED) is 0.736. The second-order valence-corrected chi connectivity index (χ2v) is 5.92. The molecule has 0 saturated carbocycles. The zero-order valence-corrected chi connectivity index (χ0v) is 14.9. The average molecular weight is 402 g/mol. The Morgan fingerprint density at radius 1 is 1.11 bits per heavy atom. The number of esters is 1. The van der Waals surface area contributed by atoms with Crippen molar-refractivity contribution in [2.24, 2.45) is 0 Å². The van der Waals surface area contributed by atoms with Crippen LogP contribution >= 0.6 is 11.6 Å². The van der Waals surface area contributed by atoms with E-state index in [0.717, 1.165) is 23.8 Å². The van der Waals surface area contributed by atoms with Crippen molar-refractivity contribution in [1.29, 1.82) is 0 Å². The Morgan fingerprint density at radius 3 is 2.52 bits per heavy atom. The minimum atomic E-state index is -4.52. The van der Waals surface area contributed by atoms with Crippen LogP contribution in [-0.4, -0.2) is 25.1 Å². The molecule has 0 aromatic heterocycles. The molecule has 0 spiro atoms. The number of nitrogens with one attached hydrogen (secondary N) is 1. The SMILES string of the molecule is Cc1cc(Cl)ccc1OCC(=O)OCC(=O)Nc1cccc(C(F)(F)F)c1. The van der Waals surface area contributed by atoms with Gasteiger partial charge in [-0.25, -0.2) is 4.79 Å². The zero-order valence-electron chi connectivity index (χ0n) is 14.1. The van der Waals surface area contributed by atoms with Crippen molar-refractivity contribution >= 4 is 29.2 Å². The first-order chi connectivity index (χ1) is 12.6. The molecule has 9 heteroatoms. The van der Waals surface area contributed by atoms with Crippen LogP contribution in [0.4, 0.5) is 18.9 Å². The summed E-state index contributed by atoms with van der Waals surface area (Å²) in [5, 5.41) is 2.75. The predicted octanol–water partition coefficient (Wildman–Crippen LogP) is 4.23. The maximum atomic E-state index is 12.6. The maximum absolute atomic E-state index is 12.6. The van der Waals surface area contributed by atoms with Crippen molar-refractivity contribution in [3.8, 4) is 5.75 Å². The molecule has 2 aromatic carbocycles. The molecule has 0 aliphatic rings. The molecule has 0 aliphatic carbocycles. The van der Waals surface area contributed by atoms with Gasteiger partial charge in [-0.05, 0) is 48.9 Å². The Balaban J connectivity index is 1.80. The molecule has 0 unspecified atom stereocenters. The number of hydrogen-bond acceptors (Lipinski definition) is 4. The van der Waals surface area contributed by atoms with Gasteiger partial charge in [0, 0.05) is 10.7 Å². The summed E-state index contributed by atoms with van der Waals surface area (Å²) in [4.78, 5) is 23.4. The molecule has 1 N–H and O–H groups in total. The van der Waals surface area contributed by atoms with Gasteiger partial charge in [-0.1, -0.05) is 17.7 Å². The van der Waals surface area contributed by atoms with Gasteiger partial charge in [0.2, 0.25) is 0 Å². The zero-order chi connectivity index (χ0) is 20.0. The number of ether oxygens (including phenoxy) is 2. The lowest BCUT2D eigenvalue weighted by atomic mass is 10.2. The number of hydrogen-bond donors (Lipinski definition) is 1. The molecule has 0 heterocycles. The molecule has 0 aliphatic heterocycles. The summed E-state index contributed by atoms with van der Waals surface area (Å²) in [5.74, 6) is -1.14. The fourth-order valence-electron chi connectivity index (χ4n) is 2.07. The predicted molar refractivity (Wildman–Crippen MR) is 92.7 cm³/mol. The average Bonchev–Trinajstić information content (AvgIpc) is 2.58. The highest BCUT2D eigenvalue weighted by atomic mass is 35.5. The van der Waals surface area contributed by atoms with E-state index in [4.69, 9.17) is 21.1 Å². The van der Waals surface area contributed by atoms with Crippen LogP contribution in [0.25, 0.3) is 0 Å². The molecule has 0 radical (unpaired) electrons. The molecule has 2 rings (SSSR count). The van der Waals surface area contributed by atoms with Gasteiger partial charge in [-0.3, -0.25) is 4.79 Å². The van der Waals surface area contributed by atoms with Crippen LogP contribution in [0.2, 0.25) is 5.02 Å². The van der Waals surface area contributed by atoms with Crippen molar-refractivity contribution in [1.82, 2.24) is 0 Å². The smallest absolute Gasteiger partial charge is 0.416 e. The van der Waals surface area contributed by atoms with E-state index in [-0.39, 0.29) is 5.69 Å². The highest BCUT2D eigenvalue weighted by molar-refractivity contribution is 6.30.